The van der Waals surface area contributed by atoms with Gasteiger partial charge in [0.1, 0.15) is 16.9 Å². The van der Waals surface area contributed by atoms with E-state index in [9.17, 15) is 0 Å². The molecule has 3 aromatic rings. The van der Waals surface area contributed by atoms with Crippen molar-refractivity contribution in [3.63, 3.8) is 0 Å². The third-order valence-corrected chi connectivity index (χ3v) is 4.02. The van der Waals surface area contributed by atoms with Gasteiger partial charge in [-0.2, -0.15) is 5.10 Å². The molecule has 0 aliphatic rings. The number of imidazole rings is 1. The van der Waals surface area contributed by atoms with E-state index in [1.54, 1.807) is 6.20 Å². The van der Waals surface area contributed by atoms with E-state index >= 15 is 0 Å². The van der Waals surface area contributed by atoms with Crippen LogP contribution in [0.2, 0.25) is 0 Å². The maximum atomic E-state index is 4.74. The molecule has 0 fully saturated rings. The van der Waals surface area contributed by atoms with Crippen LogP contribution in [0.4, 0.5) is 5.82 Å². The van der Waals surface area contributed by atoms with Crippen molar-refractivity contribution >= 4 is 16.9 Å². The fourth-order valence-corrected chi connectivity index (χ4v) is 2.85. The lowest BCUT2D eigenvalue weighted by molar-refractivity contribution is 0.657. The summed E-state index contributed by atoms with van der Waals surface area (Å²) in [5.41, 5.74) is 2.94. The maximum Gasteiger partial charge on any atom is 0.156 e. The van der Waals surface area contributed by atoms with Gasteiger partial charge in [0.2, 0.25) is 0 Å². The summed E-state index contributed by atoms with van der Waals surface area (Å²) in [6, 6.07) is 0. The SMILES string of the molecule is CCCc1nc(NCCCn2ccnc2)c2c(n1)c(C)nn2CC. The topological polar surface area (TPSA) is 73.5 Å². The molecule has 0 amide bonds. The maximum absolute atomic E-state index is 4.74. The quantitative estimate of drug-likeness (QED) is 0.644. The van der Waals surface area contributed by atoms with Crippen LogP contribution in [-0.4, -0.2) is 35.8 Å². The van der Waals surface area contributed by atoms with Gasteiger partial charge in [0.25, 0.3) is 0 Å². The Morgan fingerprint density at radius 1 is 1.21 bits per heavy atom. The lowest BCUT2D eigenvalue weighted by Crippen LogP contribution is -2.11. The van der Waals surface area contributed by atoms with E-state index < -0.39 is 0 Å². The Kier molecular flexibility index (Phi) is 5.08. The van der Waals surface area contributed by atoms with E-state index in [1.165, 1.54) is 0 Å². The lowest BCUT2D eigenvalue weighted by atomic mass is 10.3. The van der Waals surface area contributed by atoms with Crippen molar-refractivity contribution in [3.05, 3.63) is 30.2 Å². The third-order valence-electron chi connectivity index (χ3n) is 4.02. The van der Waals surface area contributed by atoms with E-state index in [1.807, 2.05) is 24.1 Å². The van der Waals surface area contributed by atoms with Gasteiger partial charge < -0.3 is 9.88 Å². The van der Waals surface area contributed by atoms with Gasteiger partial charge in [-0.1, -0.05) is 6.92 Å². The summed E-state index contributed by atoms with van der Waals surface area (Å²) in [6.45, 7) is 8.85. The minimum Gasteiger partial charge on any atom is -0.368 e. The first-order valence-corrected chi connectivity index (χ1v) is 8.66. The Balaban J connectivity index is 1.81. The molecule has 7 nitrogen and oxygen atoms in total. The molecule has 0 aliphatic carbocycles. The van der Waals surface area contributed by atoms with Gasteiger partial charge >= 0.3 is 0 Å². The molecule has 128 valence electrons. The largest absolute Gasteiger partial charge is 0.368 e. The second-order valence-electron chi connectivity index (χ2n) is 5.92. The normalized spacial score (nSPS) is 11.3. The molecule has 0 aromatic carbocycles. The first-order valence-electron chi connectivity index (χ1n) is 8.66. The van der Waals surface area contributed by atoms with Gasteiger partial charge in [0.05, 0.1) is 12.0 Å². The molecule has 0 aliphatic heterocycles. The monoisotopic (exact) mass is 327 g/mol. The smallest absolute Gasteiger partial charge is 0.156 e. The Labute approximate surface area is 142 Å². The average Bonchev–Trinajstić information content (AvgIpc) is 3.20. The number of rotatable bonds is 8. The second-order valence-corrected chi connectivity index (χ2v) is 5.92. The van der Waals surface area contributed by atoms with Crippen LogP contribution in [0.25, 0.3) is 11.0 Å². The molecule has 3 heterocycles. The molecule has 0 saturated carbocycles. The summed E-state index contributed by atoms with van der Waals surface area (Å²) in [5.74, 6) is 1.79. The van der Waals surface area contributed by atoms with Crippen molar-refractivity contribution in [1.82, 2.24) is 29.3 Å². The van der Waals surface area contributed by atoms with Gasteiger partial charge in [-0.15, -0.1) is 0 Å². The molecule has 0 bridgehead atoms. The average molecular weight is 327 g/mol. The summed E-state index contributed by atoms with van der Waals surface area (Å²) < 4.78 is 4.07. The van der Waals surface area contributed by atoms with Crippen molar-refractivity contribution in [2.75, 3.05) is 11.9 Å². The lowest BCUT2D eigenvalue weighted by Gasteiger charge is -2.10. The Morgan fingerprint density at radius 2 is 2.08 bits per heavy atom. The predicted octanol–water partition coefficient (Wildman–Crippen LogP) is 2.81. The highest BCUT2D eigenvalue weighted by molar-refractivity contribution is 5.87. The summed E-state index contributed by atoms with van der Waals surface area (Å²) in [6.07, 6.45) is 8.56. The molecule has 1 N–H and O–H groups in total. The molecule has 0 radical (unpaired) electrons. The van der Waals surface area contributed by atoms with Crippen LogP contribution in [0, 0.1) is 6.92 Å². The molecular weight excluding hydrogens is 302 g/mol. The molecule has 3 rings (SSSR count). The van der Waals surface area contributed by atoms with E-state index in [-0.39, 0.29) is 0 Å². The number of nitrogens with zero attached hydrogens (tertiary/aromatic N) is 6. The number of hydrogen-bond donors (Lipinski definition) is 1. The van der Waals surface area contributed by atoms with E-state index in [2.05, 4.69) is 33.8 Å². The summed E-state index contributed by atoms with van der Waals surface area (Å²) >= 11 is 0. The number of anilines is 1. The number of nitrogens with one attached hydrogen (secondary N) is 1. The highest BCUT2D eigenvalue weighted by Gasteiger charge is 2.15. The van der Waals surface area contributed by atoms with E-state index in [0.717, 1.165) is 67.3 Å². The van der Waals surface area contributed by atoms with Crippen LogP contribution in [0.1, 0.15) is 38.2 Å². The summed E-state index contributed by atoms with van der Waals surface area (Å²) in [7, 11) is 0. The Bertz CT molecular complexity index is 789. The van der Waals surface area contributed by atoms with Gasteiger partial charge in [-0.3, -0.25) is 4.68 Å². The van der Waals surface area contributed by atoms with Crippen LogP contribution < -0.4 is 5.32 Å². The molecule has 0 spiro atoms. The summed E-state index contributed by atoms with van der Waals surface area (Å²) in [5, 5.41) is 8.09. The molecule has 24 heavy (non-hydrogen) atoms. The number of aryl methyl sites for hydroxylation is 4. The first kappa shape index (κ1) is 16.4. The molecule has 0 saturated heterocycles. The predicted molar refractivity (Wildman–Crippen MR) is 95.1 cm³/mol. The van der Waals surface area contributed by atoms with Gasteiger partial charge in [-0.05, 0) is 26.7 Å². The minimum atomic E-state index is 0.810. The zero-order chi connectivity index (χ0) is 16.9. The molecule has 0 unspecified atom stereocenters. The van der Waals surface area contributed by atoms with Crippen LogP contribution in [0.5, 0.6) is 0 Å². The van der Waals surface area contributed by atoms with Gasteiger partial charge in [0.15, 0.2) is 5.82 Å². The Hall–Kier alpha value is -2.44. The van der Waals surface area contributed by atoms with Crippen molar-refractivity contribution in [1.29, 1.82) is 0 Å². The molecule has 0 atom stereocenters. The fourth-order valence-electron chi connectivity index (χ4n) is 2.85. The van der Waals surface area contributed by atoms with E-state index in [0.29, 0.717) is 0 Å². The molecule has 7 heteroatoms. The zero-order valence-corrected chi connectivity index (χ0v) is 14.7. The van der Waals surface area contributed by atoms with Crippen LogP contribution in [0.15, 0.2) is 18.7 Å². The highest BCUT2D eigenvalue weighted by atomic mass is 15.3. The van der Waals surface area contributed by atoms with Crippen LogP contribution in [-0.2, 0) is 19.5 Å². The highest BCUT2D eigenvalue weighted by Crippen LogP contribution is 2.23. The van der Waals surface area contributed by atoms with E-state index in [4.69, 9.17) is 9.97 Å². The van der Waals surface area contributed by atoms with Crippen molar-refractivity contribution < 1.29 is 0 Å². The number of fused-ring (bicyclic) bond motifs is 1. The molecular formula is C17H25N7. The number of aromatic nitrogens is 6. The summed E-state index contributed by atoms with van der Waals surface area (Å²) in [4.78, 5) is 13.5. The zero-order valence-electron chi connectivity index (χ0n) is 14.7. The molecule has 3 aromatic heterocycles. The van der Waals surface area contributed by atoms with Gasteiger partial charge in [0, 0.05) is 38.4 Å². The number of hydrogen-bond acceptors (Lipinski definition) is 5. The standard InChI is InChI=1S/C17H25N7/c1-4-7-14-20-15-13(3)22-24(5-2)16(15)17(21-14)19-8-6-10-23-11-9-18-12-23/h9,11-12H,4-8,10H2,1-3H3,(H,19,20,21). The van der Waals surface area contributed by atoms with Crippen LogP contribution in [0.3, 0.4) is 0 Å². The van der Waals surface area contributed by atoms with Crippen molar-refractivity contribution in [3.8, 4) is 0 Å². The third kappa shape index (κ3) is 3.39. The van der Waals surface area contributed by atoms with Crippen LogP contribution >= 0.6 is 0 Å². The van der Waals surface area contributed by atoms with Crippen molar-refractivity contribution in [2.24, 2.45) is 0 Å². The fraction of sp³-hybridized carbons (Fsp3) is 0.529. The van der Waals surface area contributed by atoms with Gasteiger partial charge in [-0.25, -0.2) is 15.0 Å². The second kappa shape index (κ2) is 7.42. The first-order chi connectivity index (χ1) is 11.7. The minimum absolute atomic E-state index is 0.810. The van der Waals surface area contributed by atoms with Crippen molar-refractivity contribution in [2.45, 2.75) is 53.1 Å². The Morgan fingerprint density at radius 3 is 2.79 bits per heavy atom.